The molecule has 1 aliphatic rings. The number of nitrogens with one attached hydrogen (secondary N) is 1. The number of fused-ring (bicyclic) bond motifs is 1. The minimum absolute atomic E-state index is 0.787. The Labute approximate surface area is 91.6 Å². The number of benzene rings is 1. The zero-order valence-electron chi connectivity index (χ0n) is 9.55. The van der Waals surface area contributed by atoms with E-state index in [9.17, 15) is 0 Å². The van der Waals surface area contributed by atoms with E-state index in [4.69, 9.17) is 4.74 Å². The maximum absolute atomic E-state index is 5.39. The molecule has 2 nitrogen and oxygen atoms in total. The quantitative estimate of drug-likeness (QED) is 0.815. The molecule has 1 aromatic rings. The van der Waals surface area contributed by atoms with Crippen LogP contribution in [0.4, 0.5) is 0 Å². The molecule has 0 fully saturated rings. The lowest BCUT2D eigenvalue weighted by Crippen LogP contribution is -2.24. The van der Waals surface area contributed by atoms with Gasteiger partial charge in [-0.3, -0.25) is 0 Å². The predicted octanol–water partition coefficient (Wildman–Crippen LogP) is 2.02. The molecule has 0 radical (unpaired) electrons. The topological polar surface area (TPSA) is 21.3 Å². The minimum Gasteiger partial charge on any atom is -0.496 e. The Morgan fingerprint density at radius 3 is 3.07 bits per heavy atom. The second kappa shape index (κ2) is 4.67. The summed E-state index contributed by atoms with van der Waals surface area (Å²) in [7, 11) is 3.79. The van der Waals surface area contributed by atoms with E-state index in [0.717, 1.165) is 24.6 Å². The highest BCUT2D eigenvalue weighted by atomic mass is 16.5. The molecule has 82 valence electrons. The average Bonchev–Trinajstić information content (AvgIpc) is 2.28. The smallest absolute Gasteiger partial charge is 0.122 e. The Hall–Kier alpha value is -1.02. The lowest BCUT2D eigenvalue weighted by atomic mass is 9.83. The molecule has 0 aliphatic heterocycles. The van der Waals surface area contributed by atoms with Gasteiger partial charge in [-0.2, -0.15) is 0 Å². The first kappa shape index (κ1) is 10.5. The van der Waals surface area contributed by atoms with Crippen LogP contribution in [0.15, 0.2) is 18.2 Å². The Morgan fingerprint density at radius 2 is 2.33 bits per heavy atom. The van der Waals surface area contributed by atoms with Crippen molar-refractivity contribution in [2.24, 2.45) is 5.92 Å². The summed E-state index contributed by atoms with van der Waals surface area (Å²) in [5, 5.41) is 3.27. The van der Waals surface area contributed by atoms with Gasteiger partial charge in [0.15, 0.2) is 0 Å². The zero-order chi connectivity index (χ0) is 10.7. The lowest BCUT2D eigenvalue weighted by molar-refractivity contribution is 0.391. The van der Waals surface area contributed by atoms with Crippen molar-refractivity contribution in [3.63, 3.8) is 0 Å². The maximum atomic E-state index is 5.39. The third kappa shape index (κ3) is 2.15. The molecule has 0 amide bonds. The molecule has 15 heavy (non-hydrogen) atoms. The van der Waals surface area contributed by atoms with Crippen molar-refractivity contribution in [2.45, 2.75) is 19.3 Å². The van der Waals surface area contributed by atoms with Gasteiger partial charge in [0.1, 0.15) is 5.75 Å². The van der Waals surface area contributed by atoms with Crippen molar-refractivity contribution >= 4 is 0 Å². The molecular formula is C13H19NO. The molecular weight excluding hydrogens is 186 g/mol. The predicted molar refractivity (Wildman–Crippen MR) is 62.4 cm³/mol. The Balaban J connectivity index is 2.20. The Bertz CT molecular complexity index is 335. The summed E-state index contributed by atoms with van der Waals surface area (Å²) in [5.41, 5.74) is 2.90. The van der Waals surface area contributed by atoms with Gasteiger partial charge in [-0.1, -0.05) is 12.1 Å². The van der Waals surface area contributed by atoms with Gasteiger partial charge in [0.2, 0.25) is 0 Å². The molecule has 0 heterocycles. The summed E-state index contributed by atoms with van der Waals surface area (Å²) in [6, 6.07) is 6.40. The molecule has 1 atom stereocenters. The largest absolute Gasteiger partial charge is 0.496 e. The van der Waals surface area contributed by atoms with Crippen LogP contribution in [-0.4, -0.2) is 20.7 Å². The van der Waals surface area contributed by atoms with Crippen LogP contribution in [0, 0.1) is 5.92 Å². The van der Waals surface area contributed by atoms with E-state index in [2.05, 4.69) is 23.5 Å². The molecule has 0 saturated heterocycles. The van der Waals surface area contributed by atoms with Crippen molar-refractivity contribution < 1.29 is 4.74 Å². The van der Waals surface area contributed by atoms with Crippen LogP contribution in [0.5, 0.6) is 5.75 Å². The van der Waals surface area contributed by atoms with E-state index in [1.165, 1.54) is 24.0 Å². The van der Waals surface area contributed by atoms with Crippen molar-refractivity contribution in [3.05, 3.63) is 29.3 Å². The fraction of sp³-hybridized carbons (Fsp3) is 0.538. The molecule has 0 bridgehead atoms. The van der Waals surface area contributed by atoms with Crippen molar-refractivity contribution in [2.75, 3.05) is 20.7 Å². The van der Waals surface area contributed by atoms with E-state index in [1.54, 1.807) is 7.11 Å². The van der Waals surface area contributed by atoms with E-state index < -0.39 is 0 Å². The van der Waals surface area contributed by atoms with Crippen LogP contribution in [0.25, 0.3) is 0 Å². The summed E-state index contributed by atoms with van der Waals surface area (Å²) in [5.74, 6) is 1.85. The minimum atomic E-state index is 0.787. The second-order valence-corrected chi connectivity index (χ2v) is 4.26. The van der Waals surface area contributed by atoms with Crippen LogP contribution in [0.2, 0.25) is 0 Å². The van der Waals surface area contributed by atoms with Gasteiger partial charge in [-0.05, 0) is 56.0 Å². The van der Waals surface area contributed by atoms with Crippen molar-refractivity contribution in [1.29, 1.82) is 0 Å². The van der Waals surface area contributed by atoms with Crippen molar-refractivity contribution in [1.82, 2.24) is 5.32 Å². The van der Waals surface area contributed by atoms with Gasteiger partial charge in [0.25, 0.3) is 0 Å². The van der Waals surface area contributed by atoms with Crippen LogP contribution in [0.3, 0.4) is 0 Å². The first-order valence-corrected chi connectivity index (χ1v) is 5.64. The fourth-order valence-corrected chi connectivity index (χ4v) is 2.50. The number of ether oxygens (including phenoxy) is 1. The van der Waals surface area contributed by atoms with Crippen LogP contribution in [0.1, 0.15) is 17.5 Å². The van der Waals surface area contributed by atoms with Gasteiger partial charge in [0, 0.05) is 0 Å². The normalized spacial score (nSPS) is 19.7. The third-order valence-electron chi connectivity index (χ3n) is 3.25. The fourth-order valence-electron chi connectivity index (χ4n) is 2.50. The van der Waals surface area contributed by atoms with Gasteiger partial charge >= 0.3 is 0 Å². The second-order valence-electron chi connectivity index (χ2n) is 4.26. The molecule has 0 spiro atoms. The molecule has 1 unspecified atom stereocenters. The Morgan fingerprint density at radius 1 is 1.47 bits per heavy atom. The summed E-state index contributed by atoms with van der Waals surface area (Å²) in [6.07, 6.45) is 3.62. The molecule has 1 aliphatic carbocycles. The highest BCUT2D eigenvalue weighted by molar-refractivity contribution is 5.41. The highest BCUT2D eigenvalue weighted by Crippen LogP contribution is 2.31. The molecule has 0 saturated carbocycles. The summed E-state index contributed by atoms with van der Waals surface area (Å²) in [4.78, 5) is 0. The molecule has 2 heteroatoms. The number of hydrogen-bond acceptors (Lipinski definition) is 2. The first-order valence-electron chi connectivity index (χ1n) is 5.64. The Kier molecular flexibility index (Phi) is 3.27. The molecule has 2 rings (SSSR count). The third-order valence-corrected chi connectivity index (χ3v) is 3.25. The summed E-state index contributed by atoms with van der Waals surface area (Å²) >= 11 is 0. The number of hydrogen-bond donors (Lipinski definition) is 1. The summed E-state index contributed by atoms with van der Waals surface area (Å²) in [6.45, 7) is 1.12. The molecule has 1 N–H and O–H groups in total. The van der Waals surface area contributed by atoms with Crippen molar-refractivity contribution in [3.8, 4) is 5.75 Å². The number of rotatable bonds is 3. The van der Waals surface area contributed by atoms with E-state index >= 15 is 0 Å². The highest BCUT2D eigenvalue weighted by Gasteiger charge is 2.20. The van der Waals surface area contributed by atoms with Crippen LogP contribution in [-0.2, 0) is 12.8 Å². The molecule has 0 aromatic heterocycles. The van der Waals surface area contributed by atoms with E-state index in [1.807, 2.05) is 7.05 Å². The zero-order valence-corrected chi connectivity index (χ0v) is 9.55. The van der Waals surface area contributed by atoms with E-state index in [0.29, 0.717) is 0 Å². The van der Waals surface area contributed by atoms with Gasteiger partial charge in [-0.25, -0.2) is 0 Å². The monoisotopic (exact) mass is 205 g/mol. The van der Waals surface area contributed by atoms with Crippen LogP contribution < -0.4 is 10.1 Å². The van der Waals surface area contributed by atoms with Crippen LogP contribution >= 0.6 is 0 Å². The van der Waals surface area contributed by atoms with E-state index in [-0.39, 0.29) is 0 Å². The SMILES string of the molecule is CNCC1CCc2c(cccc2OC)C1. The standard InChI is InChI=1S/C13H19NO/c1-14-9-10-6-7-12-11(8-10)4-3-5-13(12)15-2/h3-5,10,14H,6-9H2,1-2H3. The van der Waals surface area contributed by atoms with Gasteiger partial charge in [-0.15, -0.1) is 0 Å². The maximum Gasteiger partial charge on any atom is 0.122 e. The molecule has 1 aromatic carbocycles. The van der Waals surface area contributed by atoms with Gasteiger partial charge in [0.05, 0.1) is 7.11 Å². The summed E-state index contributed by atoms with van der Waals surface area (Å²) < 4.78 is 5.39. The van der Waals surface area contributed by atoms with Gasteiger partial charge < -0.3 is 10.1 Å². The average molecular weight is 205 g/mol. The lowest BCUT2D eigenvalue weighted by Gasteiger charge is -2.25. The number of methoxy groups -OCH3 is 1. The first-order chi connectivity index (χ1) is 7.35.